The molecule has 0 bridgehead atoms. The van der Waals surface area contributed by atoms with Crippen LogP contribution in [0.25, 0.3) is 0 Å². The van der Waals surface area contributed by atoms with Gasteiger partial charge in [0.25, 0.3) is 0 Å². The Hall–Kier alpha value is -2.68. The summed E-state index contributed by atoms with van der Waals surface area (Å²) in [6.07, 6.45) is 0.985. The third-order valence-electron chi connectivity index (χ3n) is 2.83. The monoisotopic (exact) mass is 265 g/mol. The van der Waals surface area contributed by atoms with E-state index in [1.54, 1.807) is 4.90 Å². The van der Waals surface area contributed by atoms with E-state index in [0.717, 1.165) is 11.4 Å². The molecule has 0 unspecified atom stereocenters. The van der Waals surface area contributed by atoms with Crippen LogP contribution < -0.4 is 4.90 Å². The summed E-state index contributed by atoms with van der Waals surface area (Å²) in [6.45, 7) is 3.40. The van der Waals surface area contributed by atoms with Gasteiger partial charge < -0.3 is 0 Å². The van der Waals surface area contributed by atoms with Crippen LogP contribution >= 0.6 is 0 Å². The number of ketones is 1. The molecule has 0 saturated carbocycles. The Morgan fingerprint density at radius 2 is 1.35 bits per heavy atom. The van der Waals surface area contributed by atoms with Crippen LogP contribution in [0.1, 0.15) is 6.42 Å². The predicted octanol–water partition coefficient (Wildman–Crippen LogP) is 3.50. The minimum Gasteiger partial charge on any atom is -0.294 e. The third kappa shape index (κ3) is 3.20. The van der Waals surface area contributed by atoms with Crippen molar-refractivity contribution in [3.63, 3.8) is 0 Å². The first-order valence-electron chi connectivity index (χ1n) is 6.30. The molecule has 2 aromatic rings. The number of benzene rings is 2. The Labute approximate surface area is 118 Å². The lowest BCUT2D eigenvalue weighted by Crippen LogP contribution is -2.27. The van der Waals surface area contributed by atoms with Gasteiger partial charge in [0, 0.05) is 11.4 Å². The van der Waals surface area contributed by atoms with Crippen LogP contribution in [0.4, 0.5) is 11.4 Å². The molecule has 3 heteroatoms. The van der Waals surface area contributed by atoms with Crippen molar-refractivity contribution in [3.8, 4) is 0 Å². The number of rotatable bonds is 5. The average Bonchev–Trinajstić information content (AvgIpc) is 2.49. The maximum absolute atomic E-state index is 12.4. The lowest BCUT2D eigenvalue weighted by Gasteiger charge is -2.22. The maximum Gasteiger partial charge on any atom is 0.239 e. The minimum absolute atomic E-state index is 0.187. The van der Waals surface area contributed by atoms with Gasteiger partial charge >= 0.3 is 0 Å². The number of hydrogen-bond acceptors (Lipinski definition) is 2. The number of para-hydroxylation sites is 2. The molecule has 3 nitrogen and oxygen atoms in total. The fourth-order valence-electron chi connectivity index (χ4n) is 1.89. The van der Waals surface area contributed by atoms with Gasteiger partial charge in [0.05, 0.1) is 6.42 Å². The van der Waals surface area contributed by atoms with Gasteiger partial charge in [-0.3, -0.25) is 14.5 Å². The number of hydrogen-bond donors (Lipinski definition) is 0. The highest BCUT2D eigenvalue weighted by Crippen LogP contribution is 2.25. The Bertz CT molecular complexity index is 566. The highest BCUT2D eigenvalue weighted by molar-refractivity contribution is 6.12. The molecule has 0 radical (unpaired) electrons. The molecule has 0 aliphatic rings. The summed E-state index contributed by atoms with van der Waals surface area (Å²) in [4.78, 5) is 25.3. The number of carbonyl (C=O) groups is 2. The van der Waals surface area contributed by atoms with Crippen LogP contribution in [0, 0.1) is 0 Å². The van der Waals surface area contributed by atoms with Gasteiger partial charge in [0.15, 0.2) is 5.78 Å². The molecule has 20 heavy (non-hydrogen) atoms. The second kappa shape index (κ2) is 6.48. The van der Waals surface area contributed by atoms with E-state index >= 15 is 0 Å². The van der Waals surface area contributed by atoms with Gasteiger partial charge in [-0.15, -0.1) is 0 Å². The Kier molecular flexibility index (Phi) is 4.45. The number of carbonyl (C=O) groups excluding carboxylic acids is 2. The Morgan fingerprint density at radius 3 is 1.75 bits per heavy atom. The van der Waals surface area contributed by atoms with Gasteiger partial charge in [-0.1, -0.05) is 43.0 Å². The smallest absolute Gasteiger partial charge is 0.239 e. The summed E-state index contributed by atoms with van der Waals surface area (Å²) >= 11 is 0. The normalized spacial score (nSPS) is 9.80. The molecule has 1 amide bonds. The fraction of sp³-hybridized carbons (Fsp3) is 0.0588. The van der Waals surface area contributed by atoms with E-state index in [9.17, 15) is 9.59 Å². The fourth-order valence-corrected chi connectivity index (χ4v) is 1.89. The standard InChI is InChI=1S/C17H15NO2/c1-2-16(19)13-17(20)18(14-9-5-3-6-10-14)15-11-7-4-8-12-15/h2-12H,1,13H2. The lowest BCUT2D eigenvalue weighted by molar-refractivity contribution is -0.123. The molecule has 0 aliphatic carbocycles. The van der Waals surface area contributed by atoms with Crippen LogP contribution in [0.5, 0.6) is 0 Å². The van der Waals surface area contributed by atoms with Crippen LogP contribution in [0.2, 0.25) is 0 Å². The van der Waals surface area contributed by atoms with Crippen LogP contribution in [-0.2, 0) is 9.59 Å². The summed E-state index contributed by atoms with van der Waals surface area (Å²) in [7, 11) is 0. The summed E-state index contributed by atoms with van der Waals surface area (Å²) in [6, 6.07) is 18.5. The molecule has 0 heterocycles. The molecule has 2 aromatic carbocycles. The van der Waals surface area contributed by atoms with Crippen LogP contribution in [-0.4, -0.2) is 11.7 Å². The average molecular weight is 265 g/mol. The first-order valence-corrected chi connectivity index (χ1v) is 6.30. The third-order valence-corrected chi connectivity index (χ3v) is 2.83. The lowest BCUT2D eigenvalue weighted by atomic mass is 10.2. The molecule has 100 valence electrons. The summed E-state index contributed by atoms with van der Waals surface area (Å²) < 4.78 is 0. The largest absolute Gasteiger partial charge is 0.294 e. The van der Waals surface area contributed by atoms with E-state index in [1.165, 1.54) is 6.08 Å². The van der Waals surface area contributed by atoms with Crippen LogP contribution in [0.15, 0.2) is 73.3 Å². The molecular weight excluding hydrogens is 250 g/mol. The topological polar surface area (TPSA) is 37.4 Å². The molecule has 0 saturated heterocycles. The minimum atomic E-state index is -0.285. The Morgan fingerprint density at radius 1 is 0.900 bits per heavy atom. The highest BCUT2D eigenvalue weighted by Gasteiger charge is 2.19. The van der Waals surface area contributed by atoms with Gasteiger partial charge in [-0.05, 0) is 30.3 Å². The first kappa shape index (κ1) is 13.7. The van der Waals surface area contributed by atoms with Gasteiger partial charge in [-0.2, -0.15) is 0 Å². The zero-order chi connectivity index (χ0) is 14.4. The molecule has 0 aromatic heterocycles. The number of amides is 1. The first-order chi connectivity index (χ1) is 9.72. The van der Waals surface area contributed by atoms with Gasteiger partial charge in [-0.25, -0.2) is 0 Å². The summed E-state index contributed by atoms with van der Waals surface area (Å²) in [5, 5.41) is 0. The van der Waals surface area contributed by atoms with E-state index in [1.807, 2.05) is 60.7 Å². The van der Waals surface area contributed by atoms with Gasteiger partial charge in [0.1, 0.15) is 0 Å². The van der Waals surface area contributed by atoms with Crippen molar-refractivity contribution in [1.82, 2.24) is 0 Å². The highest BCUT2D eigenvalue weighted by atomic mass is 16.2. The number of nitrogens with zero attached hydrogens (tertiary/aromatic N) is 1. The van der Waals surface area contributed by atoms with Crippen molar-refractivity contribution < 1.29 is 9.59 Å². The SMILES string of the molecule is C=CC(=O)CC(=O)N(c1ccccc1)c1ccccc1. The predicted molar refractivity (Wildman–Crippen MR) is 79.9 cm³/mol. The van der Waals surface area contributed by atoms with Crippen molar-refractivity contribution in [3.05, 3.63) is 73.3 Å². The zero-order valence-electron chi connectivity index (χ0n) is 11.0. The second-order valence-corrected chi connectivity index (χ2v) is 4.25. The van der Waals surface area contributed by atoms with Crippen molar-refractivity contribution >= 4 is 23.1 Å². The maximum atomic E-state index is 12.4. The van der Waals surface area contributed by atoms with E-state index in [4.69, 9.17) is 0 Å². The van der Waals surface area contributed by atoms with Crippen molar-refractivity contribution in [1.29, 1.82) is 0 Å². The molecule has 0 aliphatic heterocycles. The zero-order valence-corrected chi connectivity index (χ0v) is 11.0. The summed E-state index contributed by atoms with van der Waals surface area (Å²) in [5.74, 6) is -0.556. The van der Waals surface area contributed by atoms with E-state index in [-0.39, 0.29) is 18.1 Å². The number of anilines is 2. The van der Waals surface area contributed by atoms with Crippen molar-refractivity contribution in [2.75, 3.05) is 4.90 Å². The second-order valence-electron chi connectivity index (χ2n) is 4.25. The number of allylic oxidation sites excluding steroid dienone is 1. The molecule has 0 fully saturated rings. The Balaban J connectivity index is 2.37. The van der Waals surface area contributed by atoms with Gasteiger partial charge in [0.2, 0.25) is 5.91 Å². The van der Waals surface area contributed by atoms with Crippen LogP contribution in [0.3, 0.4) is 0 Å². The molecule has 0 spiro atoms. The van der Waals surface area contributed by atoms with Crippen molar-refractivity contribution in [2.24, 2.45) is 0 Å². The molecule has 0 N–H and O–H groups in total. The van der Waals surface area contributed by atoms with E-state index < -0.39 is 0 Å². The van der Waals surface area contributed by atoms with Crippen molar-refractivity contribution in [2.45, 2.75) is 6.42 Å². The molecule has 0 atom stereocenters. The summed E-state index contributed by atoms with van der Waals surface area (Å²) in [5.41, 5.74) is 1.47. The quantitative estimate of drug-likeness (QED) is 0.613. The molecule has 2 rings (SSSR count). The van der Waals surface area contributed by atoms with E-state index in [2.05, 4.69) is 6.58 Å². The van der Waals surface area contributed by atoms with E-state index in [0.29, 0.717) is 0 Å². The molecular formula is C17H15NO2.